The number of primary amides is 1. The van der Waals surface area contributed by atoms with Crippen molar-refractivity contribution < 1.29 is 27.9 Å². The number of aromatic hydroxyl groups is 1. The van der Waals surface area contributed by atoms with Gasteiger partial charge in [-0.25, -0.2) is 4.79 Å². The first-order chi connectivity index (χ1) is 13.1. The average Bonchev–Trinajstić information content (AvgIpc) is 2.92. The Labute approximate surface area is 164 Å². The van der Waals surface area contributed by atoms with Crippen molar-refractivity contribution in [1.82, 2.24) is 0 Å². The molecule has 0 radical (unpaired) electrons. The molecule has 0 saturated heterocycles. The van der Waals surface area contributed by atoms with E-state index in [1.54, 1.807) is 0 Å². The van der Waals surface area contributed by atoms with E-state index in [1.165, 1.54) is 42.5 Å². The van der Waals surface area contributed by atoms with Crippen LogP contribution in [0.3, 0.4) is 0 Å². The number of amides is 3. The van der Waals surface area contributed by atoms with Gasteiger partial charge in [0.25, 0.3) is 5.91 Å². The lowest BCUT2D eigenvalue weighted by atomic mass is 10.1. The van der Waals surface area contributed by atoms with Crippen LogP contribution in [0.15, 0.2) is 47.4 Å². The van der Waals surface area contributed by atoms with Crippen LogP contribution in [0.2, 0.25) is 0 Å². The molecule has 11 heteroatoms. The van der Waals surface area contributed by atoms with Gasteiger partial charge in [-0.1, -0.05) is 0 Å². The van der Waals surface area contributed by atoms with Crippen LogP contribution in [0, 0.1) is 0 Å². The molecule has 1 aromatic heterocycles. The second kappa shape index (κ2) is 7.60. The van der Waals surface area contributed by atoms with E-state index in [9.17, 15) is 27.9 Å². The fourth-order valence-electron chi connectivity index (χ4n) is 2.42. The maximum atomic E-state index is 12.3. The third-order valence-corrected chi connectivity index (χ3v) is 5.30. The van der Waals surface area contributed by atoms with Crippen LogP contribution < -0.4 is 16.4 Å². The number of alkyl halides is 3. The van der Waals surface area contributed by atoms with Gasteiger partial charge in [-0.15, -0.1) is 11.3 Å². The molecule has 0 fully saturated rings. The van der Waals surface area contributed by atoms with Crippen LogP contribution in [0.1, 0.15) is 10.4 Å². The fourth-order valence-corrected chi connectivity index (χ4v) is 4.10. The first-order valence-electron chi connectivity index (χ1n) is 7.61. The Kier molecular flexibility index (Phi) is 5.38. The number of phenolic OH excluding ortho intramolecular Hbond substituents is 1. The summed E-state index contributed by atoms with van der Waals surface area (Å²) in [5.74, 6) is -0.752. The molecule has 0 saturated carbocycles. The predicted molar refractivity (Wildman–Crippen MR) is 103 cm³/mol. The smallest absolute Gasteiger partial charge is 0.446 e. The van der Waals surface area contributed by atoms with Crippen molar-refractivity contribution in [3.8, 4) is 5.75 Å². The molecule has 0 bridgehead atoms. The summed E-state index contributed by atoms with van der Waals surface area (Å²) in [6.45, 7) is 0. The number of thioether (sulfide) groups is 1. The van der Waals surface area contributed by atoms with E-state index >= 15 is 0 Å². The highest BCUT2D eigenvalue weighted by Crippen LogP contribution is 2.38. The minimum Gasteiger partial charge on any atom is -0.508 e. The van der Waals surface area contributed by atoms with Gasteiger partial charge in [-0.05, 0) is 54.2 Å². The number of urea groups is 1. The number of hydrogen-bond donors (Lipinski definition) is 4. The normalized spacial score (nSPS) is 11.4. The number of hydrogen-bond acceptors (Lipinski definition) is 5. The second-order valence-corrected chi connectivity index (χ2v) is 7.69. The summed E-state index contributed by atoms with van der Waals surface area (Å²) in [6.07, 6.45) is 0. The van der Waals surface area contributed by atoms with Gasteiger partial charge in [0.1, 0.15) is 10.8 Å². The van der Waals surface area contributed by atoms with Gasteiger partial charge in [0.15, 0.2) is 0 Å². The lowest BCUT2D eigenvalue weighted by Gasteiger charge is -2.09. The third kappa shape index (κ3) is 4.67. The zero-order valence-corrected chi connectivity index (χ0v) is 15.5. The molecule has 2 aromatic carbocycles. The van der Waals surface area contributed by atoms with Crippen LogP contribution in [-0.4, -0.2) is 22.6 Å². The molecule has 5 N–H and O–H groups in total. The van der Waals surface area contributed by atoms with Gasteiger partial charge in [-0.3, -0.25) is 10.1 Å². The SMILES string of the molecule is NC(=O)c1c(NC(=O)Nc2ccc(SC(F)(F)F)cc2)sc2cc(O)ccc12. The molecule has 6 nitrogen and oxygen atoms in total. The van der Waals surface area contributed by atoms with E-state index in [0.29, 0.717) is 10.1 Å². The second-order valence-electron chi connectivity index (χ2n) is 5.50. The number of nitrogens with two attached hydrogens (primary N) is 1. The summed E-state index contributed by atoms with van der Waals surface area (Å²) in [5.41, 5.74) is 1.37. The van der Waals surface area contributed by atoms with E-state index in [0.717, 1.165) is 11.3 Å². The van der Waals surface area contributed by atoms with Crippen LogP contribution in [-0.2, 0) is 0 Å². The molecule has 28 heavy (non-hydrogen) atoms. The van der Waals surface area contributed by atoms with Crippen molar-refractivity contribution in [1.29, 1.82) is 0 Å². The predicted octanol–water partition coefficient (Wildman–Crippen LogP) is 4.96. The van der Waals surface area contributed by atoms with E-state index in [-0.39, 0.29) is 38.7 Å². The molecule has 0 aliphatic rings. The molecule has 0 spiro atoms. The van der Waals surface area contributed by atoms with Crippen molar-refractivity contribution in [3.63, 3.8) is 0 Å². The Hall–Kier alpha value is -2.92. The molecule has 0 atom stereocenters. The Morgan fingerprint density at radius 2 is 1.75 bits per heavy atom. The fraction of sp³-hybridized carbons (Fsp3) is 0.0588. The number of carbonyl (C=O) groups is 2. The summed E-state index contributed by atoms with van der Waals surface area (Å²) in [4.78, 5) is 24.0. The Bertz CT molecular complexity index is 1050. The van der Waals surface area contributed by atoms with Gasteiger partial charge in [0, 0.05) is 20.7 Å². The van der Waals surface area contributed by atoms with Gasteiger partial charge in [-0.2, -0.15) is 13.2 Å². The number of nitrogens with one attached hydrogen (secondary N) is 2. The van der Waals surface area contributed by atoms with Crippen molar-refractivity contribution >= 4 is 55.8 Å². The Morgan fingerprint density at radius 1 is 1.07 bits per heavy atom. The van der Waals surface area contributed by atoms with E-state index in [4.69, 9.17) is 5.73 Å². The summed E-state index contributed by atoms with van der Waals surface area (Å²) in [5, 5.41) is 15.2. The molecule has 3 aromatic rings. The zero-order valence-electron chi connectivity index (χ0n) is 13.8. The standard InChI is InChI=1S/C17H12F3N3O3S2/c18-17(19,20)28-10-4-1-8(2-5-10)22-16(26)23-15-13(14(21)25)11-6-3-9(24)7-12(11)27-15/h1-7,24H,(H2,21,25)(H2,22,23,26). The number of phenols is 1. The Morgan fingerprint density at radius 3 is 2.36 bits per heavy atom. The van der Waals surface area contributed by atoms with Crippen LogP contribution in [0.5, 0.6) is 5.75 Å². The maximum Gasteiger partial charge on any atom is 0.446 e. The summed E-state index contributed by atoms with van der Waals surface area (Å²) in [7, 11) is 0. The van der Waals surface area contributed by atoms with Crippen molar-refractivity contribution in [2.75, 3.05) is 10.6 Å². The minimum atomic E-state index is -4.40. The minimum absolute atomic E-state index is 0.00223. The molecule has 3 rings (SSSR count). The summed E-state index contributed by atoms with van der Waals surface area (Å²) >= 11 is 0.794. The van der Waals surface area contributed by atoms with E-state index in [1.807, 2.05) is 0 Å². The number of benzene rings is 2. The largest absolute Gasteiger partial charge is 0.508 e. The quantitative estimate of drug-likeness (QED) is 0.442. The van der Waals surface area contributed by atoms with Gasteiger partial charge >= 0.3 is 11.5 Å². The number of carbonyl (C=O) groups excluding carboxylic acids is 2. The number of rotatable bonds is 4. The number of halogens is 3. The molecule has 0 aliphatic carbocycles. The van der Waals surface area contributed by atoms with E-state index < -0.39 is 17.4 Å². The Balaban J connectivity index is 1.76. The van der Waals surface area contributed by atoms with Gasteiger partial charge in [0.05, 0.1) is 5.56 Å². The zero-order chi connectivity index (χ0) is 20.5. The third-order valence-electron chi connectivity index (χ3n) is 3.49. The number of fused-ring (bicyclic) bond motifs is 1. The molecule has 1 heterocycles. The summed E-state index contributed by atoms with van der Waals surface area (Å²) in [6, 6.07) is 8.75. The highest BCUT2D eigenvalue weighted by atomic mass is 32.2. The molecule has 0 unspecified atom stereocenters. The molecule has 0 aliphatic heterocycles. The average molecular weight is 427 g/mol. The first kappa shape index (κ1) is 19.8. The van der Waals surface area contributed by atoms with E-state index in [2.05, 4.69) is 10.6 Å². The van der Waals surface area contributed by atoms with Crippen molar-refractivity contribution in [2.45, 2.75) is 10.4 Å². The highest BCUT2D eigenvalue weighted by molar-refractivity contribution is 8.00. The molecule has 146 valence electrons. The van der Waals surface area contributed by atoms with Crippen molar-refractivity contribution in [3.05, 3.63) is 48.0 Å². The first-order valence-corrected chi connectivity index (χ1v) is 9.25. The van der Waals surface area contributed by atoms with Crippen LogP contribution in [0.4, 0.5) is 28.7 Å². The summed E-state index contributed by atoms with van der Waals surface area (Å²) < 4.78 is 37.6. The van der Waals surface area contributed by atoms with Crippen molar-refractivity contribution in [2.24, 2.45) is 5.73 Å². The molecule has 3 amide bonds. The lowest BCUT2D eigenvalue weighted by Crippen LogP contribution is -2.21. The molecular formula is C17H12F3N3O3S2. The molecular weight excluding hydrogens is 415 g/mol. The number of anilines is 2. The number of thiophene rings is 1. The lowest BCUT2D eigenvalue weighted by molar-refractivity contribution is -0.0328. The topological polar surface area (TPSA) is 104 Å². The van der Waals surface area contributed by atoms with Crippen LogP contribution >= 0.6 is 23.1 Å². The maximum absolute atomic E-state index is 12.3. The monoisotopic (exact) mass is 427 g/mol. The highest BCUT2D eigenvalue weighted by Gasteiger charge is 2.29. The van der Waals surface area contributed by atoms with Gasteiger partial charge < -0.3 is 16.2 Å². The van der Waals surface area contributed by atoms with Crippen LogP contribution in [0.25, 0.3) is 10.1 Å². The van der Waals surface area contributed by atoms with Gasteiger partial charge in [0.2, 0.25) is 0 Å².